The molecule has 4 aromatic carbocycles. The number of ether oxygens (including phenoxy) is 4. The number of hydrogen-bond donors (Lipinski definition) is 0. The van der Waals surface area contributed by atoms with Crippen LogP contribution < -0.4 is 67.1 Å². The molecule has 10 heteroatoms. The number of hydrogen-bond acceptors (Lipinski definition) is 8. The van der Waals surface area contributed by atoms with E-state index in [9.17, 15) is 0 Å². The van der Waals surface area contributed by atoms with Crippen molar-refractivity contribution in [2.45, 2.75) is 0 Å². The molecule has 0 saturated heterocycles. The maximum atomic E-state index is 6.33. The van der Waals surface area contributed by atoms with Crippen molar-refractivity contribution in [3.63, 3.8) is 0 Å². The SMILES string of the molecule is COc1ccc(O[B-](Oc2ccc(OC)cc2)(Oc2ccc(OC)cc2)Oc2ccc(OC)cc2)cc1.[Na+]. The average molecular weight is 526 g/mol. The average Bonchev–Trinajstić information content (AvgIpc) is 2.94. The van der Waals surface area contributed by atoms with Crippen LogP contribution in [0, 0.1) is 0 Å². The molecule has 38 heavy (non-hydrogen) atoms. The summed E-state index contributed by atoms with van der Waals surface area (Å²) in [6.07, 6.45) is 0. The number of methoxy groups -OCH3 is 4. The van der Waals surface area contributed by atoms with Gasteiger partial charge < -0.3 is 37.6 Å². The van der Waals surface area contributed by atoms with Crippen molar-refractivity contribution in [2.75, 3.05) is 28.4 Å². The van der Waals surface area contributed by atoms with Crippen molar-refractivity contribution in [2.24, 2.45) is 0 Å². The minimum atomic E-state index is -2.96. The van der Waals surface area contributed by atoms with Crippen LogP contribution in [0.25, 0.3) is 0 Å². The Kier molecular flexibility index (Phi) is 10.5. The largest absolute Gasteiger partial charge is 1.00 e. The molecule has 0 saturated carbocycles. The maximum Gasteiger partial charge on any atom is 1.00 e. The molecule has 0 heterocycles. The third-order valence-electron chi connectivity index (χ3n) is 5.36. The Bertz CT molecular complexity index is 1050. The van der Waals surface area contributed by atoms with Gasteiger partial charge in [-0.3, -0.25) is 0 Å². The summed E-state index contributed by atoms with van der Waals surface area (Å²) in [6.45, 7) is -2.96. The van der Waals surface area contributed by atoms with E-state index in [1.807, 2.05) is 0 Å². The molecule has 0 spiro atoms. The number of rotatable bonds is 12. The molecular weight excluding hydrogens is 498 g/mol. The molecule has 0 aliphatic heterocycles. The van der Waals surface area contributed by atoms with Crippen LogP contribution in [0.5, 0.6) is 46.0 Å². The zero-order valence-corrected chi connectivity index (χ0v) is 24.1. The fourth-order valence-electron chi connectivity index (χ4n) is 3.43. The molecule has 0 fully saturated rings. The molecule has 0 unspecified atom stereocenters. The monoisotopic (exact) mass is 526 g/mol. The first-order chi connectivity index (χ1) is 18.0. The van der Waals surface area contributed by atoms with Gasteiger partial charge in [-0.1, -0.05) is 0 Å². The summed E-state index contributed by atoms with van der Waals surface area (Å²) in [5, 5.41) is 0. The van der Waals surface area contributed by atoms with E-state index in [1.165, 1.54) is 0 Å². The second-order valence-electron chi connectivity index (χ2n) is 7.75. The molecule has 0 aliphatic carbocycles. The molecule has 0 bridgehead atoms. The van der Waals surface area contributed by atoms with E-state index in [-0.39, 0.29) is 29.6 Å². The van der Waals surface area contributed by atoms with Gasteiger partial charge >= 0.3 is 36.5 Å². The van der Waals surface area contributed by atoms with Crippen LogP contribution in [-0.4, -0.2) is 35.4 Å². The predicted molar refractivity (Wildman–Crippen MR) is 140 cm³/mol. The van der Waals surface area contributed by atoms with Crippen molar-refractivity contribution in [1.82, 2.24) is 0 Å². The van der Waals surface area contributed by atoms with Gasteiger partial charge in [0.25, 0.3) is 0 Å². The summed E-state index contributed by atoms with van der Waals surface area (Å²) < 4.78 is 46.4. The van der Waals surface area contributed by atoms with E-state index in [0.29, 0.717) is 46.0 Å². The van der Waals surface area contributed by atoms with E-state index < -0.39 is 6.96 Å². The van der Waals surface area contributed by atoms with Crippen LogP contribution in [0.1, 0.15) is 0 Å². The Morgan fingerprint density at radius 1 is 0.316 bits per heavy atom. The van der Waals surface area contributed by atoms with E-state index in [1.54, 1.807) is 126 Å². The molecule has 0 amide bonds. The van der Waals surface area contributed by atoms with Gasteiger partial charge in [0.2, 0.25) is 0 Å². The summed E-state index contributed by atoms with van der Waals surface area (Å²) in [4.78, 5) is 0. The summed E-state index contributed by atoms with van der Waals surface area (Å²) in [6, 6.07) is 28.0. The Labute approximate surface area is 244 Å². The van der Waals surface area contributed by atoms with E-state index >= 15 is 0 Å². The third kappa shape index (κ3) is 7.68. The Morgan fingerprint density at radius 3 is 0.632 bits per heavy atom. The third-order valence-corrected chi connectivity index (χ3v) is 5.36. The van der Waals surface area contributed by atoms with Crippen LogP contribution in [0.2, 0.25) is 0 Å². The molecule has 4 aromatic rings. The first-order valence-electron chi connectivity index (χ1n) is 11.5. The van der Waals surface area contributed by atoms with Gasteiger partial charge in [-0.15, -0.1) is 0 Å². The molecule has 8 nitrogen and oxygen atoms in total. The zero-order chi connectivity index (χ0) is 26.1. The van der Waals surface area contributed by atoms with Crippen molar-refractivity contribution < 1.29 is 67.1 Å². The van der Waals surface area contributed by atoms with Crippen molar-refractivity contribution in [3.05, 3.63) is 97.1 Å². The smallest absolute Gasteiger partial charge is 0.611 e. The van der Waals surface area contributed by atoms with Crippen LogP contribution in [0.3, 0.4) is 0 Å². The van der Waals surface area contributed by atoms with Crippen molar-refractivity contribution in [1.29, 1.82) is 0 Å². The zero-order valence-electron chi connectivity index (χ0n) is 22.1. The maximum absolute atomic E-state index is 6.33. The summed E-state index contributed by atoms with van der Waals surface area (Å²) in [5.41, 5.74) is 0. The molecular formula is C28H28BNaO8. The molecule has 0 aliphatic rings. The second kappa shape index (κ2) is 13.8. The predicted octanol–water partition coefficient (Wildman–Crippen LogP) is 2.78. The van der Waals surface area contributed by atoms with Gasteiger partial charge in [-0.25, -0.2) is 0 Å². The van der Waals surface area contributed by atoms with E-state index in [0.717, 1.165) is 0 Å². The quantitative estimate of drug-likeness (QED) is 0.261. The topological polar surface area (TPSA) is 73.8 Å². The van der Waals surface area contributed by atoms with Crippen molar-refractivity contribution in [3.8, 4) is 46.0 Å². The summed E-state index contributed by atoms with van der Waals surface area (Å²) in [7, 11) is 6.37. The van der Waals surface area contributed by atoms with Gasteiger partial charge in [0.15, 0.2) is 0 Å². The minimum Gasteiger partial charge on any atom is -0.611 e. The van der Waals surface area contributed by atoms with Gasteiger partial charge in [0.1, 0.15) is 23.0 Å². The molecule has 0 radical (unpaired) electrons. The van der Waals surface area contributed by atoms with Crippen LogP contribution in [-0.2, 0) is 0 Å². The number of benzene rings is 4. The van der Waals surface area contributed by atoms with Gasteiger partial charge in [-0.2, -0.15) is 0 Å². The minimum absolute atomic E-state index is 0. The van der Waals surface area contributed by atoms with Gasteiger partial charge in [-0.05, 0) is 97.1 Å². The van der Waals surface area contributed by atoms with Gasteiger partial charge in [0, 0.05) is 0 Å². The normalized spacial score (nSPS) is 10.4. The van der Waals surface area contributed by atoms with Crippen molar-refractivity contribution >= 4 is 6.96 Å². The van der Waals surface area contributed by atoms with Crippen LogP contribution in [0.4, 0.5) is 0 Å². The molecule has 0 atom stereocenters. The van der Waals surface area contributed by atoms with Gasteiger partial charge in [0.05, 0.1) is 51.4 Å². The molecule has 0 N–H and O–H groups in total. The molecule has 4 rings (SSSR count). The Balaban J connectivity index is 0.00000400. The van der Waals surface area contributed by atoms with Crippen LogP contribution in [0.15, 0.2) is 97.1 Å². The Hall–Kier alpha value is -3.66. The van der Waals surface area contributed by atoms with Crippen LogP contribution >= 0.6 is 0 Å². The molecule has 0 aromatic heterocycles. The summed E-state index contributed by atoms with van der Waals surface area (Å²) in [5.74, 6) is 4.46. The molecule has 192 valence electrons. The standard InChI is InChI=1S/C28H28BO8.Na/c1-30-21-5-13-25(14-6-21)34-29(35-26-15-7-22(31-2)8-16-26,36-27-17-9-23(32-3)10-18-27)37-28-19-11-24(33-4)12-20-28;/h5-20H,1-4H3;/q-1;+1. The van der Waals surface area contributed by atoms with E-state index in [2.05, 4.69) is 0 Å². The summed E-state index contributed by atoms with van der Waals surface area (Å²) >= 11 is 0. The first kappa shape index (κ1) is 28.9. The fraction of sp³-hybridized carbons (Fsp3) is 0.143. The Morgan fingerprint density at radius 2 is 0.474 bits per heavy atom. The second-order valence-corrected chi connectivity index (χ2v) is 7.75. The first-order valence-corrected chi connectivity index (χ1v) is 11.5. The fourth-order valence-corrected chi connectivity index (χ4v) is 3.43. The van der Waals surface area contributed by atoms with E-state index in [4.69, 9.17) is 37.6 Å².